The molecule has 0 saturated heterocycles. The Balaban J connectivity index is 1.82. The lowest BCUT2D eigenvalue weighted by molar-refractivity contribution is -0.141. The van der Waals surface area contributed by atoms with Gasteiger partial charge in [0.25, 0.3) is 11.8 Å². The van der Waals surface area contributed by atoms with Gasteiger partial charge in [0.1, 0.15) is 5.82 Å². The highest BCUT2D eigenvalue weighted by molar-refractivity contribution is 6.05. The molecular weight excluding hydrogens is 375 g/mol. The number of nitrogens with one attached hydrogen (secondary N) is 1. The van der Waals surface area contributed by atoms with Crippen molar-refractivity contribution in [2.45, 2.75) is 32.7 Å². The number of benzene rings is 2. The SMILES string of the molecule is Cc1ccc(C(=O)N(CC(C)C(=O)O)C2CC2)cc1NC(=O)c1ccccc1F. The lowest BCUT2D eigenvalue weighted by Crippen LogP contribution is -2.38. The first kappa shape index (κ1) is 20.5. The summed E-state index contributed by atoms with van der Waals surface area (Å²) in [5.41, 5.74) is 1.40. The molecule has 2 N–H and O–H groups in total. The predicted molar refractivity (Wildman–Crippen MR) is 106 cm³/mol. The Hall–Kier alpha value is -3.22. The van der Waals surface area contributed by atoms with E-state index in [4.69, 9.17) is 0 Å². The summed E-state index contributed by atoms with van der Waals surface area (Å²) in [7, 11) is 0. The van der Waals surface area contributed by atoms with Crippen LogP contribution in [0.3, 0.4) is 0 Å². The van der Waals surface area contributed by atoms with E-state index in [1.807, 2.05) is 0 Å². The molecule has 2 aromatic rings. The summed E-state index contributed by atoms with van der Waals surface area (Å²) in [6, 6.07) is 10.6. The standard InChI is InChI=1S/C22H23FN2O4/c1-13-7-8-15(21(27)25(16-9-10-16)12-14(2)22(28)29)11-19(13)24-20(26)17-5-3-4-6-18(17)23/h3-8,11,14,16H,9-10,12H2,1-2H3,(H,24,26)(H,28,29). The van der Waals surface area contributed by atoms with Crippen LogP contribution in [0.1, 0.15) is 46.0 Å². The highest BCUT2D eigenvalue weighted by Crippen LogP contribution is 2.30. The summed E-state index contributed by atoms with van der Waals surface area (Å²) < 4.78 is 13.9. The van der Waals surface area contributed by atoms with Crippen molar-refractivity contribution < 1.29 is 23.9 Å². The molecule has 1 aliphatic rings. The second-order valence-corrected chi connectivity index (χ2v) is 7.39. The Morgan fingerprint density at radius 3 is 2.52 bits per heavy atom. The molecule has 6 nitrogen and oxygen atoms in total. The minimum Gasteiger partial charge on any atom is -0.481 e. The molecule has 0 bridgehead atoms. The van der Waals surface area contributed by atoms with Gasteiger partial charge in [0.2, 0.25) is 0 Å². The van der Waals surface area contributed by atoms with Crippen LogP contribution >= 0.6 is 0 Å². The Morgan fingerprint density at radius 2 is 1.90 bits per heavy atom. The molecular formula is C22H23FN2O4. The fourth-order valence-corrected chi connectivity index (χ4v) is 3.05. The van der Waals surface area contributed by atoms with Gasteiger partial charge in [-0.1, -0.05) is 25.1 Å². The van der Waals surface area contributed by atoms with Gasteiger partial charge in [-0.15, -0.1) is 0 Å². The molecule has 0 aliphatic heterocycles. The lowest BCUT2D eigenvalue weighted by Gasteiger charge is -2.25. The molecule has 0 heterocycles. The lowest BCUT2D eigenvalue weighted by atomic mass is 10.1. The number of amides is 2. The molecule has 3 rings (SSSR count). The number of carbonyl (C=O) groups excluding carboxylic acids is 2. The van der Waals surface area contributed by atoms with Crippen LogP contribution in [-0.4, -0.2) is 40.4 Å². The van der Waals surface area contributed by atoms with E-state index in [0.717, 1.165) is 18.4 Å². The number of anilines is 1. The second kappa shape index (κ2) is 8.43. The van der Waals surface area contributed by atoms with Crippen LogP contribution in [0.15, 0.2) is 42.5 Å². The molecule has 7 heteroatoms. The van der Waals surface area contributed by atoms with E-state index < -0.39 is 23.6 Å². The number of rotatable bonds is 7. The molecule has 0 radical (unpaired) electrons. The zero-order valence-electron chi connectivity index (χ0n) is 16.3. The highest BCUT2D eigenvalue weighted by Gasteiger charge is 2.35. The van der Waals surface area contributed by atoms with Crippen LogP contribution in [-0.2, 0) is 4.79 Å². The van der Waals surface area contributed by atoms with Crippen LogP contribution in [0.25, 0.3) is 0 Å². The first-order valence-electron chi connectivity index (χ1n) is 9.48. The third-order valence-corrected chi connectivity index (χ3v) is 4.99. The maximum atomic E-state index is 13.9. The summed E-state index contributed by atoms with van der Waals surface area (Å²) in [5.74, 6) is -3.13. The quantitative estimate of drug-likeness (QED) is 0.744. The maximum absolute atomic E-state index is 13.9. The van der Waals surface area contributed by atoms with Crippen molar-refractivity contribution >= 4 is 23.5 Å². The molecule has 0 spiro atoms. The smallest absolute Gasteiger partial charge is 0.308 e. The average molecular weight is 398 g/mol. The van der Waals surface area contributed by atoms with Gasteiger partial charge < -0.3 is 15.3 Å². The highest BCUT2D eigenvalue weighted by atomic mass is 19.1. The molecule has 1 aliphatic carbocycles. The van der Waals surface area contributed by atoms with Crippen molar-refractivity contribution in [3.63, 3.8) is 0 Å². The number of hydrogen-bond donors (Lipinski definition) is 2. The van der Waals surface area contributed by atoms with E-state index in [2.05, 4.69) is 5.32 Å². The van der Waals surface area contributed by atoms with Gasteiger partial charge in [-0.05, 0) is 49.6 Å². The molecule has 152 valence electrons. The zero-order valence-corrected chi connectivity index (χ0v) is 16.3. The summed E-state index contributed by atoms with van der Waals surface area (Å²) in [4.78, 5) is 38.2. The van der Waals surface area contributed by atoms with E-state index in [9.17, 15) is 23.9 Å². The second-order valence-electron chi connectivity index (χ2n) is 7.39. The Morgan fingerprint density at radius 1 is 1.21 bits per heavy atom. The Labute approximate surface area is 168 Å². The van der Waals surface area contributed by atoms with Gasteiger partial charge in [0, 0.05) is 23.8 Å². The number of halogens is 1. The van der Waals surface area contributed by atoms with Gasteiger partial charge >= 0.3 is 5.97 Å². The van der Waals surface area contributed by atoms with E-state index in [0.29, 0.717) is 11.3 Å². The number of hydrogen-bond acceptors (Lipinski definition) is 3. The molecule has 29 heavy (non-hydrogen) atoms. The van der Waals surface area contributed by atoms with Crippen LogP contribution in [0, 0.1) is 18.7 Å². The van der Waals surface area contributed by atoms with E-state index in [1.54, 1.807) is 43.0 Å². The number of aliphatic carboxylic acids is 1. The number of nitrogens with zero attached hydrogens (tertiary/aromatic N) is 1. The topological polar surface area (TPSA) is 86.7 Å². The largest absolute Gasteiger partial charge is 0.481 e. The predicted octanol–water partition coefficient (Wildman–Crippen LogP) is 3.71. The minimum absolute atomic E-state index is 0.0436. The average Bonchev–Trinajstić information content (AvgIpc) is 3.52. The molecule has 1 fully saturated rings. The number of aryl methyl sites for hydroxylation is 1. The van der Waals surface area contributed by atoms with Gasteiger partial charge in [0.05, 0.1) is 11.5 Å². The fourth-order valence-electron chi connectivity index (χ4n) is 3.05. The van der Waals surface area contributed by atoms with Crippen molar-refractivity contribution in [3.05, 3.63) is 65.0 Å². The van der Waals surface area contributed by atoms with Crippen LogP contribution in [0.2, 0.25) is 0 Å². The Kier molecular flexibility index (Phi) is 5.96. The zero-order chi connectivity index (χ0) is 21.1. The third-order valence-electron chi connectivity index (χ3n) is 4.99. The normalized spacial score (nSPS) is 14.2. The first-order chi connectivity index (χ1) is 13.8. The van der Waals surface area contributed by atoms with Crippen LogP contribution < -0.4 is 5.32 Å². The van der Waals surface area contributed by atoms with Crippen molar-refractivity contribution in [2.24, 2.45) is 5.92 Å². The van der Waals surface area contributed by atoms with Gasteiger partial charge in [-0.3, -0.25) is 14.4 Å². The van der Waals surface area contributed by atoms with E-state index >= 15 is 0 Å². The van der Waals surface area contributed by atoms with Crippen molar-refractivity contribution in [3.8, 4) is 0 Å². The summed E-state index contributed by atoms with van der Waals surface area (Å²) >= 11 is 0. The maximum Gasteiger partial charge on any atom is 0.308 e. The third kappa shape index (κ3) is 4.80. The van der Waals surface area contributed by atoms with Crippen molar-refractivity contribution in [2.75, 3.05) is 11.9 Å². The first-order valence-corrected chi connectivity index (χ1v) is 9.48. The van der Waals surface area contributed by atoms with Crippen molar-refractivity contribution in [1.29, 1.82) is 0 Å². The van der Waals surface area contributed by atoms with E-state index in [-0.39, 0.29) is 24.1 Å². The molecule has 1 atom stereocenters. The van der Waals surface area contributed by atoms with Crippen LogP contribution in [0.4, 0.5) is 10.1 Å². The van der Waals surface area contributed by atoms with Gasteiger partial charge in [0.15, 0.2) is 0 Å². The minimum atomic E-state index is -0.954. The summed E-state index contributed by atoms with van der Waals surface area (Å²) in [6.45, 7) is 3.47. The van der Waals surface area contributed by atoms with E-state index in [1.165, 1.54) is 18.2 Å². The van der Waals surface area contributed by atoms with Crippen molar-refractivity contribution in [1.82, 2.24) is 4.90 Å². The molecule has 1 saturated carbocycles. The molecule has 2 aromatic carbocycles. The number of carboxylic acids is 1. The monoisotopic (exact) mass is 398 g/mol. The Bertz CT molecular complexity index is 956. The molecule has 2 amide bonds. The summed E-state index contributed by atoms with van der Waals surface area (Å²) in [6.07, 6.45) is 1.70. The fraction of sp³-hybridized carbons (Fsp3) is 0.318. The number of carboxylic acid groups (broad SMARTS) is 1. The van der Waals surface area contributed by atoms with Crippen LogP contribution in [0.5, 0.6) is 0 Å². The molecule has 0 aromatic heterocycles. The molecule has 1 unspecified atom stereocenters. The van der Waals surface area contributed by atoms with Gasteiger partial charge in [-0.2, -0.15) is 0 Å². The summed E-state index contributed by atoms with van der Waals surface area (Å²) in [5, 5.41) is 11.8. The number of carbonyl (C=O) groups is 3. The van der Waals surface area contributed by atoms with Gasteiger partial charge in [-0.25, -0.2) is 4.39 Å².